The Hall–Kier alpha value is -0.0800. The normalized spacial score (nSPS) is 12.0. The molecule has 0 radical (unpaired) electrons. The molecule has 0 aromatic carbocycles. The molecule has 0 aromatic rings. The summed E-state index contributed by atoms with van der Waals surface area (Å²) in [6, 6.07) is 0. The van der Waals surface area contributed by atoms with Crippen LogP contribution < -0.4 is 0 Å². The van der Waals surface area contributed by atoms with Crippen molar-refractivity contribution in [2.24, 2.45) is 5.92 Å². The topological polar surface area (TPSA) is 6.48 Å². The number of hydrogen-bond donors (Lipinski definition) is 0. The molecular weight excluding hydrogens is 220 g/mol. The van der Waals surface area contributed by atoms with Crippen molar-refractivity contribution < 1.29 is 0 Å². The van der Waals surface area contributed by atoms with E-state index in [0.29, 0.717) is 0 Å². The van der Waals surface area contributed by atoms with Crippen molar-refractivity contribution in [1.29, 1.82) is 0 Å². The zero-order valence-corrected chi connectivity index (χ0v) is 13.5. The highest BCUT2D eigenvalue weighted by molar-refractivity contribution is 4.60. The molecule has 0 fully saturated rings. The second kappa shape index (κ2) is 12.0. The summed E-state index contributed by atoms with van der Waals surface area (Å²) in [6.07, 6.45) is 5.53. The van der Waals surface area contributed by atoms with Gasteiger partial charge >= 0.3 is 0 Å². The van der Waals surface area contributed by atoms with Crippen LogP contribution >= 0.6 is 0 Å². The maximum absolute atomic E-state index is 2.53. The first-order valence-corrected chi connectivity index (χ1v) is 8.12. The van der Waals surface area contributed by atoms with E-state index in [-0.39, 0.29) is 0 Å². The SMILES string of the molecule is CCN(CC)CCCC(C)CCCN(CC)CC. The average Bonchev–Trinajstić information content (AvgIpc) is 2.40. The third-order valence-corrected chi connectivity index (χ3v) is 4.13. The summed E-state index contributed by atoms with van der Waals surface area (Å²) in [6.45, 7) is 18.8. The third kappa shape index (κ3) is 8.93. The summed E-state index contributed by atoms with van der Waals surface area (Å²) in [7, 11) is 0. The highest BCUT2D eigenvalue weighted by Crippen LogP contribution is 2.13. The van der Waals surface area contributed by atoms with Gasteiger partial charge in [-0.25, -0.2) is 0 Å². The fourth-order valence-corrected chi connectivity index (χ4v) is 2.55. The molecule has 0 amide bonds. The summed E-state index contributed by atoms with van der Waals surface area (Å²) in [5.41, 5.74) is 0. The summed E-state index contributed by atoms with van der Waals surface area (Å²) >= 11 is 0. The van der Waals surface area contributed by atoms with E-state index >= 15 is 0 Å². The number of nitrogens with zero attached hydrogens (tertiary/aromatic N) is 2. The van der Waals surface area contributed by atoms with Gasteiger partial charge in [-0.05, 0) is 70.9 Å². The smallest absolute Gasteiger partial charge is 0.00189 e. The Morgan fingerprint density at radius 2 is 1.00 bits per heavy atom. The van der Waals surface area contributed by atoms with Crippen molar-refractivity contribution in [2.45, 2.75) is 60.3 Å². The highest BCUT2D eigenvalue weighted by Gasteiger charge is 2.05. The van der Waals surface area contributed by atoms with Crippen molar-refractivity contribution in [3.8, 4) is 0 Å². The van der Waals surface area contributed by atoms with Gasteiger partial charge in [0.25, 0.3) is 0 Å². The van der Waals surface area contributed by atoms with Gasteiger partial charge in [0.1, 0.15) is 0 Å². The molecule has 0 unspecified atom stereocenters. The summed E-state index contributed by atoms with van der Waals surface area (Å²) in [5, 5.41) is 0. The molecule has 0 aliphatic carbocycles. The Bertz CT molecular complexity index is 144. The minimum Gasteiger partial charge on any atom is -0.304 e. The van der Waals surface area contributed by atoms with Gasteiger partial charge < -0.3 is 9.80 Å². The zero-order valence-electron chi connectivity index (χ0n) is 13.5. The van der Waals surface area contributed by atoms with Crippen molar-refractivity contribution in [3.05, 3.63) is 0 Å². The fraction of sp³-hybridized carbons (Fsp3) is 1.00. The molecule has 0 saturated carbocycles. The molecule has 0 aliphatic rings. The van der Waals surface area contributed by atoms with Gasteiger partial charge in [0.2, 0.25) is 0 Å². The second-order valence-electron chi connectivity index (χ2n) is 5.44. The Balaban J connectivity index is 3.50. The van der Waals surface area contributed by atoms with Crippen molar-refractivity contribution in [2.75, 3.05) is 39.3 Å². The highest BCUT2D eigenvalue weighted by atomic mass is 15.1. The number of hydrogen-bond acceptors (Lipinski definition) is 2. The second-order valence-corrected chi connectivity index (χ2v) is 5.44. The molecule has 0 N–H and O–H groups in total. The minimum absolute atomic E-state index is 0.899. The average molecular weight is 256 g/mol. The van der Waals surface area contributed by atoms with E-state index in [1.807, 2.05) is 0 Å². The van der Waals surface area contributed by atoms with Crippen LogP contribution in [0.4, 0.5) is 0 Å². The molecule has 0 saturated heterocycles. The molecule has 0 rings (SSSR count). The molecular formula is C16H36N2. The lowest BCUT2D eigenvalue weighted by Crippen LogP contribution is -2.25. The van der Waals surface area contributed by atoms with Crippen LogP contribution in [-0.2, 0) is 0 Å². The molecule has 2 nitrogen and oxygen atoms in total. The van der Waals surface area contributed by atoms with E-state index in [9.17, 15) is 0 Å². The van der Waals surface area contributed by atoms with Crippen molar-refractivity contribution >= 4 is 0 Å². The van der Waals surface area contributed by atoms with Crippen molar-refractivity contribution in [3.63, 3.8) is 0 Å². The lowest BCUT2D eigenvalue weighted by atomic mass is 9.99. The zero-order chi connectivity index (χ0) is 13.8. The third-order valence-electron chi connectivity index (χ3n) is 4.13. The van der Waals surface area contributed by atoms with Crippen LogP contribution in [0.2, 0.25) is 0 Å². The van der Waals surface area contributed by atoms with E-state index in [0.717, 1.165) is 5.92 Å². The summed E-state index contributed by atoms with van der Waals surface area (Å²) in [4.78, 5) is 5.06. The Morgan fingerprint density at radius 1 is 0.667 bits per heavy atom. The van der Waals surface area contributed by atoms with Crippen LogP contribution in [0.3, 0.4) is 0 Å². The van der Waals surface area contributed by atoms with Gasteiger partial charge in [-0.1, -0.05) is 34.6 Å². The molecule has 0 spiro atoms. The van der Waals surface area contributed by atoms with Crippen LogP contribution in [0.5, 0.6) is 0 Å². The molecule has 18 heavy (non-hydrogen) atoms. The monoisotopic (exact) mass is 256 g/mol. The first-order chi connectivity index (χ1) is 8.67. The van der Waals surface area contributed by atoms with Crippen LogP contribution in [0.1, 0.15) is 60.3 Å². The van der Waals surface area contributed by atoms with Gasteiger partial charge in [-0.3, -0.25) is 0 Å². The van der Waals surface area contributed by atoms with E-state index in [1.54, 1.807) is 0 Å². The van der Waals surface area contributed by atoms with Crippen LogP contribution in [-0.4, -0.2) is 49.1 Å². The van der Waals surface area contributed by atoms with E-state index in [1.165, 1.54) is 65.0 Å². The van der Waals surface area contributed by atoms with Gasteiger partial charge in [0.15, 0.2) is 0 Å². The van der Waals surface area contributed by atoms with Crippen molar-refractivity contribution in [1.82, 2.24) is 9.80 Å². The van der Waals surface area contributed by atoms with E-state index in [4.69, 9.17) is 0 Å². The Morgan fingerprint density at radius 3 is 1.28 bits per heavy atom. The summed E-state index contributed by atoms with van der Waals surface area (Å²) < 4.78 is 0. The summed E-state index contributed by atoms with van der Waals surface area (Å²) in [5.74, 6) is 0.899. The molecule has 0 bridgehead atoms. The van der Waals surface area contributed by atoms with Crippen LogP contribution in [0.15, 0.2) is 0 Å². The number of rotatable bonds is 12. The van der Waals surface area contributed by atoms with Gasteiger partial charge in [0.05, 0.1) is 0 Å². The lowest BCUT2D eigenvalue weighted by Gasteiger charge is -2.21. The van der Waals surface area contributed by atoms with Crippen LogP contribution in [0.25, 0.3) is 0 Å². The minimum atomic E-state index is 0.899. The standard InChI is InChI=1S/C16H36N2/c1-6-17(7-2)14-10-12-16(5)13-11-15-18(8-3)9-4/h16H,6-15H2,1-5H3. The Labute approximate surface area is 116 Å². The van der Waals surface area contributed by atoms with E-state index in [2.05, 4.69) is 44.4 Å². The van der Waals surface area contributed by atoms with Crippen LogP contribution in [0, 0.1) is 5.92 Å². The first kappa shape index (κ1) is 17.9. The Kier molecular flexibility index (Phi) is 11.9. The van der Waals surface area contributed by atoms with Gasteiger partial charge in [-0.15, -0.1) is 0 Å². The molecule has 2 heteroatoms. The molecule has 0 aromatic heterocycles. The van der Waals surface area contributed by atoms with Gasteiger partial charge in [0, 0.05) is 0 Å². The largest absolute Gasteiger partial charge is 0.304 e. The fourth-order valence-electron chi connectivity index (χ4n) is 2.55. The molecule has 110 valence electrons. The molecule has 0 atom stereocenters. The maximum atomic E-state index is 2.53. The predicted molar refractivity (Wildman–Crippen MR) is 83.2 cm³/mol. The predicted octanol–water partition coefficient (Wildman–Crippen LogP) is 3.87. The molecule has 0 aliphatic heterocycles. The first-order valence-electron chi connectivity index (χ1n) is 8.12. The quantitative estimate of drug-likeness (QED) is 0.523. The van der Waals surface area contributed by atoms with E-state index < -0.39 is 0 Å². The van der Waals surface area contributed by atoms with Gasteiger partial charge in [-0.2, -0.15) is 0 Å². The maximum Gasteiger partial charge on any atom is -0.00189 e. The lowest BCUT2D eigenvalue weighted by molar-refractivity contribution is 0.272. The molecule has 0 heterocycles.